The normalized spacial score (nSPS) is 15.7. The molecule has 1 nitrogen and oxygen atoms in total. The molecule has 10 aromatic carbocycles. The minimum absolute atomic E-state index is 0.0535. The van der Waals surface area contributed by atoms with Crippen molar-refractivity contribution >= 4 is 65.0 Å². The minimum Gasteiger partial charge on any atom is -0.456 e. The smallest absolute Gasteiger partial charge is 0.136 e. The van der Waals surface area contributed by atoms with Gasteiger partial charge in [0.15, 0.2) is 0 Å². The molecule has 0 saturated heterocycles. The predicted molar refractivity (Wildman–Crippen MR) is 225 cm³/mol. The molecule has 0 amide bonds. The number of benzene rings is 10. The lowest BCUT2D eigenvalue weighted by Gasteiger charge is -2.21. The van der Waals surface area contributed by atoms with Crippen LogP contribution in [-0.4, -0.2) is 0 Å². The first-order valence-corrected chi connectivity index (χ1v) is 17.0. The van der Waals surface area contributed by atoms with Gasteiger partial charge in [0, 0.05) is 10.8 Å². The van der Waals surface area contributed by atoms with Crippen LogP contribution in [0, 0.1) is 0 Å². The summed E-state index contributed by atoms with van der Waals surface area (Å²) >= 11 is 0. The van der Waals surface area contributed by atoms with Crippen LogP contribution in [0.2, 0.25) is 0 Å². The third-order valence-electron chi connectivity index (χ3n) is 9.94. The summed E-state index contributed by atoms with van der Waals surface area (Å²) in [6.07, 6.45) is 0. The van der Waals surface area contributed by atoms with E-state index < -0.39 is 90.6 Å². The van der Waals surface area contributed by atoms with Gasteiger partial charge in [0.05, 0.1) is 20.6 Å². The van der Waals surface area contributed by atoms with Crippen LogP contribution < -0.4 is 0 Å². The highest BCUT2D eigenvalue weighted by molar-refractivity contribution is 6.24. The zero-order valence-corrected chi connectivity index (χ0v) is 27.7. The summed E-state index contributed by atoms with van der Waals surface area (Å²) in [5, 5.41) is 1.38. The molecule has 1 heterocycles. The Morgan fingerprint density at radius 3 is 1.81 bits per heavy atom. The molecule has 0 spiro atoms. The second-order valence-electron chi connectivity index (χ2n) is 12.8. The number of fused-ring (bicyclic) bond motifs is 7. The average molecular weight is 688 g/mol. The van der Waals surface area contributed by atoms with Crippen molar-refractivity contribution in [3.63, 3.8) is 0 Å². The highest BCUT2D eigenvalue weighted by atomic mass is 16.3. The summed E-state index contributed by atoms with van der Waals surface area (Å²) in [6.45, 7) is 0. The molecule has 53 heavy (non-hydrogen) atoms. The summed E-state index contributed by atoms with van der Waals surface area (Å²) in [4.78, 5) is 0. The van der Waals surface area contributed by atoms with Gasteiger partial charge in [-0.2, -0.15) is 0 Å². The molecular weight excluding hydrogens is 641 g/mol. The second kappa shape index (κ2) is 11.8. The standard InChI is InChI=1S/C52H32O/c1-2-12-33(13-3-1)37-25-27-41-47-31-39(26-29-48(47)53-49(41)32-37)51-42-18-8-10-20-44(42)52(45-21-11-9-19-43(45)51)46-28-24-35-15-6-7-17-40(35)50(46)38-23-22-34-14-4-5-16-36(34)30-38/h1-32H/i4D,5D,8D,9D,10D,11D,14D,16D,18D,19D,20D,21D,22D,23D,30D. The fourth-order valence-corrected chi connectivity index (χ4v) is 7.58. The lowest BCUT2D eigenvalue weighted by Crippen LogP contribution is -1.94. The second-order valence-corrected chi connectivity index (χ2v) is 12.8. The van der Waals surface area contributed by atoms with Gasteiger partial charge in [0.25, 0.3) is 0 Å². The Balaban J connectivity index is 1.34. The van der Waals surface area contributed by atoms with Gasteiger partial charge in [-0.05, 0) is 118 Å². The summed E-state index contributed by atoms with van der Waals surface area (Å²) in [6, 6.07) is 22.4. The highest BCUT2D eigenvalue weighted by Crippen LogP contribution is 2.48. The fraction of sp³-hybridized carbons (Fsp3) is 0. The summed E-state index contributed by atoms with van der Waals surface area (Å²) in [7, 11) is 0. The van der Waals surface area contributed by atoms with Crippen LogP contribution in [-0.2, 0) is 0 Å². The number of hydrogen-bond donors (Lipinski definition) is 0. The zero-order chi connectivity index (χ0) is 47.9. The van der Waals surface area contributed by atoms with Gasteiger partial charge in [0.2, 0.25) is 0 Å². The fourth-order valence-electron chi connectivity index (χ4n) is 7.58. The molecule has 11 rings (SSSR count). The number of rotatable bonds is 4. The molecule has 246 valence electrons. The Kier molecular flexibility index (Phi) is 4.12. The van der Waals surface area contributed by atoms with E-state index in [0.29, 0.717) is 32.9 Å². The van der Waals surface area contributed by atoms with Crippen molar-refractivity contribution in [1.82, 2.24) is 0 Å². The SMILES string of the molecule is [2H]c1c([2H])c([2H])c2c([2H])c(-c3c(-c4c5c([2H])c([2H])c([2H])c([2H])c5c(-c5ccc6oc7cc(-c8ccccc8)ccc7c6c5)c5c([2H])c([2H])c([2H])c([2H])c45)ccc4ccccc34)c([2H])c([2H])c2c1[2H]. The summed E-state index contributed by atoms with van der Waals surface area (Å²) in [5.41, 5.74) is 3.37. The van der Waals surface area contributed by atoms with Gasteiger partial charge in [-0.25, -0.2) is 0 Å². The van der Waals surface area contributed by atoms with E-state index in [-0.39, 0.29) is 60.1 Å². The van der Waals surface area contributed by atoms with Crippen molar-refractivity contribution in [1.29, 1.82) is 0 Å². The van der Waals surface area contributed by atoms with Crippen molar-refractivity contribution in [2.45, 2.75) is 0 Å². The van der Waals surface area contributed by atoms with Crippen molar-refractivity contribution < 1.29 is 25.0 Å². The largest absolute Gasteiger partial charge is 0.456 e. The third-order valence-corrected chi connectivity index (χ3v) is 9.94. The first-order chi connectivity index (χ1) is 32.5. The molecule has 0 aliphatic heterocycles. The third kappa shape index (κ3) is 4.71. The van der Waals surface area contributed by atoms with Crippen molar-refractivity contribution in [2.75, 3.05) is 0 Å². The molecule has 0 fully saturated rings. The molecule has 0 radical (unpaired) electrons. The highest BCUT2D eigenvalue weighted by Gasteiger charge is 2.21. The van der Waals surface area contributed by atoms with E-state index in [2.05, 4.69) is 0 Å². The van der Waals surface area contributed by atoms with Gasteiger partial charge in [-0.1, -0.05) is 163 Å². The Labute approximate surface area is 328 Å². The van der Waals surface area contributed by atoms with Crippen LogP contribution in [0.3, 0.4) is 0 Å². The summed E-state index contributed by atoms with van der Waals surface area (Å²) in [5.74, 6) is 0. The minimum atomic E-state index is -0.643. The monoisotopic (exact) mass is 687 g/mol. The Bertz CT molecular complexity index is 4010. The van der Waals surface area contributed by atoms with Crippen LogP contribution in [0.1, 0.15) is 20.6 Å². The maximum absolute atomic E-state index is 9.67. The van der Waals surface area contributed by atoms with Crippen LogP contribution >= 0.6 is 0 Å². The van der Waals surface area contributed by atoms with E-state index in [0.717, 1.165) is 16.5 Å². The molecule has 11 aromatic rings. The van der Waals surface area contributed by atoms with E-state index in [1.165, 1.54) is 0 Å². The lowest BCUT2D eigenvalue weighted by atomic mass is 9.82. The predicted octanol–water partition coefficient (Wildman–Crippen LogP) is 14.9. The molecule has 1 heteroatoms. The maximum Gasteiger partial charge on any atom is 0.136 e. The van der Waals surface area contributed by atoms with Gasteiger partial charge in [-0.15, -0.1) is 0 Å². The molecule has 0 saturated carbocycles. The summed E-state index contributed by atoms with van der Waals surface area (Å²) < 4.78 is 144. The molecule has 0 atom stereocenters. The van der Waals surface area contributed by atoms with Crippen LogP contribution in [0.5, 0.6) is 0 Å². The maximum atomic E-state index is 9.67. The quantitative estimate of drug-likeness (QED) is 0.168. The van der Waals surface area contributed by atoms with Crippen molar-refractivity contribution in [3.8, 4) is 44.5 Å². The van der Waals surface area contributed by atoms with E-state index in [9.17, 15) is 9.60 Å². The van der Waals surface area contributed by atoms with Crippen LogP contribution in [0.4, 0.5) is 0 Å². The van der Waals surface area contributed by atoms with Crippen LogP contribution in [0.15, 0.2) is 198 Å². The van der Waals surface area contributed by atoms with E-state index in [4.69, 9.17) is 15.4 Å². The van der Waals surface area contributed by atoms with E-state index in [1.807, 2.05) is 48.5 Å². The zero-order valence-electron chi connectivity index (χ0n) is 42.7. The molecule has 0 aliphatic rings. The van der Waals surface area contributed by atoms with E-state index >= 15 is 0 Å². The molecule has 0 bridgehead atoms. The lowest BCUT2D eigenvalue weighted by molar-refractivity contribution is 0.669. The Morgan fingerprint density at radius 2 is 1.02 bits per heavy atom. The van der Waals surface area contributed by atoms with Crippen LogP contribution in [0.25, 0.3) is 110 Å². The van der Waals surface area contributed by atoms with Gasteiger partial charge >= 0.3 is 0 Å². The number of furan rings is 1. The molecular formula is C52H32O. The molecule has 1 aromatic heterocycles. The molecule has 0 unspecified atom stereocenters. The Morgan fingerprint density at radius 1 is 0.340 bits per heavy atom. The van der Waals surface area contributed by atoms with Gasteiger partial charge < -0.3 is 4.42 Å². The van der Waals surface area contributed by atoms with Gasteiger partial charge in [0.1, 0.15) is 11.2 Å². The molecule has 0 aliphatic carbocycles. The van der Waals surface area contributed by atoms with Crippen molar-refractivity contribution in [3.05, 3.63) is 194 Å². The van der Waals surface area contributed by atoms with E-state index in [1.54, 1.807) is 54.6 Å². The van der Waals surface area contributed by atoms with Gasteiger partial charge in [-0.3, -0.25) is 0 Å². The first kappa shape index (κ1) is 18.5. The van der Waals surface area contributed by atoms with Crippen molar-refractivity contribution in [2.24, 2.45) is 0 Å². The number of hydrogen-bond acceptors (Lipinski definition) is 1. The molecule has 0 N–H and O–H groups in total. The first-order valence-electron chi connectivity index (χ1n) is 24.5. The topological polar surface area (TPSA) is 13.1 Å². The Hall–Kier alpha value is -6.96. The average Bonchev–Trinajstić information content (AvgIpc) is 3.72.